The molecular formula is C23H24N2O2. The topological polar surface area (TPSA) is 55.1 Å². The molecule has 4 heteroatoms. The van der Waals surface area contributed by atoms with Gasteiger partial charge >= 0.3 is 0 Å². The second-order valence-corrected chi connectivity index (χ2v) is 6.89. The predicted octanol–water partition coefficient (Wildman–Crippen LogP) is 4.84. The first-order valence-corrected chi connectivity index (χ1v) is 9.05. The van der Waals surface area contributed by atoms with E-state index in [0.29, 0.717) is 12.3 Å². The number of hydrogen-bond acceptors (Lipinski definition) is 4. The number of ether oxygens (including phenoxy) is 2. The Bertz CT molecular complexity index is 1010. The Labute approximate surface area is 160 Å². The summed E-state index contributed by atoms with van der Waals surface area (Å²) in [4.78, 5) is 4.66. The minimum atomic E-state index is -0.668. The van der Waals surface area contributed by atoms with Crippen LogP contribution in [0.4, 0.5) is 0 Å². The van der Waals surface area contributed by atoms with E-state index < -0.39 is 5.41 Å². The molecule has 3 rings (SSSR count). The minimum Gasteiger partial charge on any atom is -0.497 e. The van der Waals surface area contributed by atoms with E-state index in [-0.39, 0.29) is 0 Å². The van der Waals surface area contributed by atoms with Crippen molar-refractivity contribution in [1.82, 2.24) is 4.98 Å². The zero-order valence-electron chi connectivity index (χ0n) is 16.2. The van der Waals surface area contributed by atoms with Crippen molar-refractivity contribution in [2.45, 2.75) is 32.1 Å². The van der Waals surface area contributed by atoms with Crippen LogP contribution in [0.1, 0.15) is 30.5 Å². The van der Waals surface area contributed by atoms with E-state index in [2.05, 4.69) is 24.0 Å². The maximum Gasteiger partial charge on any atom is 0.216 e. The Morgan fingerprint density at radius 3 is 2.56 bits per heavy atom. The van der Waals surface area contributed by atoms with Gasteiger partial charge in [-0.1, -0.05) is 31.2 Å². The van der Waals surface area contributed by atoms with Gasteiger partial charge in [-0.25, -0.2) is 4.98 Å². The van der Waals surface area contributed by atoms with Gasteiger partial charge in [0.25, 0.3) is 0 Å². The monoisotopic (exact) mass is 360 g/mol. The van der Waals surface area contributed by atoms with Crippen LogP contribution in [0.3, 0.4) is 0 Å². The number of aromatic nitrogens is 1. The van der Waals surface area contributed by atoms with E-state index >= 15 is 0 Å². The highest BCUT2D eigenvalue weighted by atomic mass is 16.5. The lowest BCUT2D eigenvalue weighted by atomic mass is 9.78. The molecule has 1 aromatic heterocycles. The first kappa shape index (κ1) is 18.7. The molecule has 138 valence electrons. The van der Waals surface area contributed by atoms with Gasteiger partial charge in [-0.3, -0.25) is 0 Å². The number of benzene rings is 2. The average Bonchev–Trinajstić information content (AvgIpc) is 2.72. The third kappa shape index (κ3) is 3.73. The van der Waals surface area contributed by atoms with Crippen LogP contribution in [0, 0.1) is 11.3 Å². The number of methoxy groups -OCH3 is 2. The highest BCUT2D eigenvalue weighted by Crippen LogP contribution is 2.32. The summed E-state index contributed by atoms with van der Waals surface area (Å²) >= 11 is 0. The summed E-state index contributed by atoms with van der Waals surface area (Å²) in [7, 11) is 3.29. The van der Waals surface area contributed by atoms with Crippen molar-refractivity contribution >= 4 is 10.9 Å². The van der Waals surface area contributed by atoms with Gasteiger partial charge in [-0.2, -0.15) is 5.26 Å². The van der Waals surface area contributed by atoms with E-state index in [1.807, 2.05) is 49.4 Å². The van der Waals surface area contributed by atoms with Crippen molar-refractivity contribution in [3.63, 3.8) is 0 Å². The minimum absolute atomic E-state index is 0.594. The smallest absolute Gasteiger partial charge is 0.216 e. The molecule has 0 bridgehead atoms. The number of pyridine rings is 1. The number of rotatable bonds is 6. The third-order valence-corrected chi connectivity index (χ3v) is 5.01. The van der Waals surface area contributed by atoms with Gasteiger partial charge < -0.3 is 9.47 Å². The van der Waals surface area contributed by atoms with Crippen LogP contribution >= 0.6 is 0 Å². The predicted molar refractivity (Wildman–Crippen MR) is 107 cm³/mol. The Balaban J connectivity index is 2.03. The molecular weight excluding hydrogens is 336 g/mol. The lowest BCUT2D eigenvalue weighted by molar-refractivity contribution is 0.394. The maximum absolute atomic E-state index is 9.96. The molecule has 0 amide bonds. The fourth-order valence-corrected chi connectivity index (χ4v) is 3.36. The van der Waals surface area contributed by atoms with Crippen LogP contribution in [0.25, 0.3) is 10.9 Å². The molecule has 1 atom stereocenters. The largest absolute Gasteiger partial charge is 0.497 e. The first-order valence-electron chi connectivity index (χ1n) is 9.05. The van der Waals surface area contributed by atoms with Crippen LogP contribution in [0.15, 0.2) is 48.5 Å². The molecule has 3 aromatic rings. The van der Waals surface area contributed by atoms with Gasteiger partial charge in [-0.15, -0.1) is 0 Å². The molecule has 0 spiro atoms. The second kappa shape index (κ2) is 7.67. The van der Waals surface area contributed by atoms with Crippen LogP contribution in [0.2, 0.25) is 0 Å². The summed E-state index contributed by atoms with van der Waals surface area (Å²) in [6.45, 7) is 4.05. The molecule has 0 radical (unpaired) electrons. The fraction of sp³-hybridized carbons (Fsp3) is 0.304. The summed E-state index contributed by atoms with van der Waals surface area (Å²) in [6, 6.07) is 18.5. The molecule has 0 N–H and O–H groups in total. The van der Waals surface area contributed by atoms with Gasteiger partial charge in [0.05, 0.1) is 31.2 Å². The second-order valence-electron chi connectivity index (χ2n) is 6.89. The van der Waals surface area contributed by atoms with E-state index in [0.717, 1.165) is 39.8 Å². The third-order valence-electron chi connectivity index (χ3n) is 5.01. The molecule has 0 aliphatic heterocycles. The summed E-state index contributed by atoms with van der Waals surface area (Å²) in [5.74, 6) is 1.44. The average molecular weight is 360 g/mol. The molecule has 0 fully saturated rings. The summed E-state index contributed by atoms with van der Waals surface area (Å²) in [5, 5.41) is 11.0. The molecule has 0 aliphatic rings. The van der Waals surface area contributed by atoms with Crippen LogP contribution in [-0.2, 0) is 18.3 Å². The zero-order chi connectivity index (χ0) is 19.4. The maximum atomic E-state index is 9.96. The number of fused-ring (bicyclic) bond motifs is 1. The van der Waals surface area contributed by atoms with E-state index in [9.17, 15) is 5.26 Å². The Kier molecular flexibility index (Phi) is 5.32. The molecule has 0 saturated heterocycles. The highest BCUT2D eigenvalue weighted by Gasteiger charge is 2.27. The highest BCUT2D eigenvalue weighted by molar-refractivity contribution is 5.81. The van der Waals surface area contributed by atoms with Crippen molar-refractivity contribution in [3.8, 4) is 17.7 Å². The van der Waals surface area contributed by atoms with Crippen LogP contribution in [0.5, 0.6) is 11.6 Å². The van der Waals surface area contributed by atoms with Gasteiger partial charge in [0.1, 0.15) is 5.75 Å². The normalized spacial score (nSPS) is 13.0. The SMILES string of the molecule is CCc1cc2ccc(C(C)(C#N)Cc3cccc(OC)c3)cc2nc1OC. The van der Waals surface area contributed by atoms with Crippen LogP contribution < -0.4 is 9.47 Å². The Morgan fingerprint density at radius 2 is 1.89 bits per heavy atom. The molecule has 4 nitrogen and oxygen atoms in total. The number of nitriles is 1. The summed E-state index contributed by atoms with van der Waals surface area (Å²) < 4.78 is 10.7. The molecule has 27 heavy (non-hydrogen) atoms. The number of nitrogens with zero attached hydrogens (tertiary/aromatic N) is 2. The van der Waals surface area contributed by atoms with Crippen molar-refractivity contribution in [1.29, 1.82) is 5.26 Å². The molecule has 1 heterocycles. The molecule has 0 saturated carbocycles. The van der Waals surface area contributed by atoms with Crippen LogP contribution in [-0.4, -0.2) is 19.2 Å². The van der Waals surface area contributed by atoms with Crippen molar-refractivity contribution in [2.24, 2.45) is 0 Å². The van der Waals surface area contributed by atoms with E-state index in [1.165, 1.54) is 0 Å². The first-order chi connectivity index (χ1) is 13.0. The quantitative estimate of drug-likeness (QED) is 0.631. The molecule has 2 aromatic carbocycles. The van der Waals surface area contributed by atoms with Gasteiger partial charge in [0.15, 0.2) is 0 Å². The lowest BCUT2D eigenvalue weighted by Crippen LogP contribution is -2.22. The molecule has 1 unspecified atom stereocenters. The summed E-state index contributed by atoms with van der Waals surface area (Å²) in [6.07, 6.45) is 1.45. The van der Waals surface area contributed by atoms with Crippen molar-refractivity contribution < 1.29 is 9.47 Å². The zero-order valence-corrected chi connectivity index (χ0v) is 16.2. The standard InChI is InChI=1S/C23H24N2O2/c1-5-17-12-18-9-10-19(13-21(18)25-22(17)27-4)23(2,15-24)14-16-7-6-8-20(11-16)26-3/h6-13H,5,14H2,1-4H3. The van der Waals surface area contributed by atoms with Crippen molar-refractivity contribution in [2.75, 3.05) is 14.2 Å². The van der Waals surface area contributed by atoms with E-state index in [1.54, 1.807) is 14.2 Å². The van der Waals surface area contributed by atoms with E-state index in [4.69, 9.17) is 9.47 Å². The number of aryl methyl sites for hydroxylation is 1. The fourth-order valence-electron chi connectivity index (χ4n) is 3.36. The summed E-state index contributed by atoms with van der Waals surface area (Å²) in [5.41, 5.74) is 3.26. The Morgan fingerprint density at radius 1 is 1.07 bits per heavy atom. The van der Waals surface area contributed by atoms with Crippen molar-refractivity contribution in [3.05, 3.63) is 65.2 Å². The van der Waals surface area contributed by atoms with Gasteiger partial charge in [0, 0.05) is 10.9 Å². The lowest BCUT2D eigenvalue weighted by Gasteiger charge is -2.23. The Hall–Kier alpha value is -3.06. The number of hydrogen-bond donors (Lipinski definition) is 0. The van der Waals surface area contributed by atoms with Gasteiger partial charge in [0.2, 0.25) is 5.88 Å². The van der Waals surface area contributed by atoms with Gasteiger partial charge in [-0.05, 0) is 55.2 Å². The molecule has 0 aliphatic carbocycles.